The molecule has 1 atom stereocenters. The van der Waals surface area contributed by atoms with Gasteiger partial charge in [-0.1, -0.05) is 43.7 Å². The molecular weight excluding hydrogens is 608 g/mol. The number of anilines is 1. The number of methoxy groups -OCH3 is 1. The molecule has 0 radical (unpaired) electrons. The Bertz CT molecular complexity index is 1230. The van der Waals surface area contributed by atoms with Crippen molar-refractivity contribution in [2.45, 2.75) is 45.7 Å². The smallest absolute Gasteiger partial charge is 0.475 e. The first kappa shape index (κ1) is 37.4. The molecule has 12 nitrogen and oxygen atoms in total. The van der Waals surface area contributed by atoms with Gasteiger partial charge in [0.05, 0.1) is 25.5 Å². The van der Waals surface area contributed by atoms with E-state index < -0.39 is 30.3 Å². The van der Waals surface area contributed by atoms with Crippen LogP contribution in [-0.2, 0) is 20.9 Å². The lowest BCUT2D eigenvalue weighted by Gasteiger charge is -2.43. The van der Waals surface area contributed by atoms with Crippen LogP contribution in [0.15, 0.2) is 36.7 Å². The molecule has 1 aliphatic heterocycles. The predicted molar refractivity (Wildman–Crippen MR) is 142 cm³/mol. The first-order chi connectivity index (χ1) is 20.3. The van der Waals surface area contributed by atoms with E-state index >= 15 is 0 Å². The van der Waals surface area contributed by atoms with Crippen molar-refractivity contribution in [3.8, 4) is 0 Å². The van der Waals surface area contributed by atoms with E-state index in [2.05, 4.69) is 38.8 Å². The highest BCUT2D eigenvalue weighted by Gasteiger charge is 2.39. The molecule has 18 heteroatoms. The number of aromatic nitrogens is 2. The summed E-state index contributed by atoms with van der Waals surface area (Å²) in [5.74, 6) is -5.06. The molecule has 3 N–H and O–H groups in total. The Morgan fingerprint density at radius 2 is 1.48 bits per heavy atom. The fourth-order valence-electron chi connectivity index (χ4n) is 3.52. The van der Waals surface area contributed by atoms with Crippen LogP contribution in [0.3, 0.4) is 0 Å². The number of nitrogens with zero attached hydrogens (tertiary/aromatic N) is 4. The van der Waals surface area contributed by atoms with Crippen LogP contribution in [0.4, 0.5) is 37.0 Å². The van der Waals surface area contributed by atoms with E-state index in [1.807, 2.05) is 36.1 Å². The van der Waals surface area contributed by atoms with Crippen LogP contribution in [0.1, 0.15) is 35.5 Å². The highest BCUT2D eigenvalue weighted by atomic mass is 19.4. The number of hydrogen-bond donors (Lipinski definition) is 3. The van der Waals surface area contributed by atoms with Gasteiger partial charge in [0.2, 0.25) is 0 Å². The molecule has 2 heterocycles. The standard InChI is InChI=1S/C22H29N5O3.2C2HF3O2/c1-15(2)19-14-26(20-13-23-18(12-24-20)21(28)30-4)9-10-27(19)22(29)25-11-17-7-5-16(3)6-8-17;2*3-2(4,5)1(6)7/h5-8,12-13,15,19H,9-11,14H2,1-4H3,(H,25,29);2*(H,6,7). The first-order valence-electron chi connectivity index (χ1n) is 12.6. The zero-order valence-electron chi connectivity index (χ0n) is 23.9. The number of hydrogen-bond acceptors (Lipinski definition) is 8. The number of amides is 2. The van der Waals surface area contributed by atoms with Gasteiger partial charge in [-0.15, -0.1) is 0 Å². The van der Waals surface area contributed by atoms with Gasteiger partial charge in [-0.3, -0.25) is 0 Å². The molecule has 3 rings (SSSR count). The minimum absolute atomic E-state index is 0.0406. The number of benzene rings is 1. The second kappa shape index (κ2) is 16.3. The van der Waals surface area contributed by atoms with Crippen LogP contribution >= 0.6 is 0 Å². The average Bonchev–Trinajstić information content (AvgIpc) is 2.95. The van der Waals surface area contributed by atoms with Gasteiger partial charge in [0.1, 0.15) is 5.82 Å². The SMILES string of the molecule is COC(=O)c1cnc(N2CCN(C(=O)NCc3ccc(C)cc3)C(C(C)C)C2)cn1.O=C(O)C(F)(F)F.O=C(O)C(F)(F)F. The Balaban J connectivity index is 0.000000574. The molecule has 2 amide bonds. The van der Waals surface area contributed by atoms with E-state index in [1.165, 1.54) is 18.9 Å². The average molecular weight is 640 g/mol. The number of nitrogens with one attached hydrogen (secondary N) is 1. The predicted octanol–water partition coefficient (Wildman–Crippen LogP) is 3.89. The third kappa shape index (κ3) is 12.3. The van der Waals surface area contributed by atoms with Crippen molar-refractivity contribution in [1.82, 2.24) is 20.2 Å². The van der Waals surface area contributed by atoms with Gasteiger partial charge in [-0.05, 0) is 18.4 Å². The van der Waals surface area contributed by atoms with Crippen molar-refractivity contribution >= 4 is 29.8 Å². The molecule has 0 saturated carbocycles. The Kier molecular flexibility index (Phi) is 13.8. The number of rotatable bonds is 5. The Labute approximate surface area is 247 Å². The van der Waals surface area contributed by atoms with Crippen molar-refractivity contribution in [2.24, 2.45) is 5.92 Å². The van der Waals surface area contributed by atoms with Crippen molar-refractivity contribution < 1.29 is 60.5 Å². The number of carboxylic acid groups (broad SMARTS) is 2. The highest BCUT2D eigenvalue weighted by molar-refractivity contribution is 5.86. The molecule has 1 fully saturated rings. The van der Waals surface area contributed by atoms with Crippen LogP contribution < -0.4 is 10.2 Å². The van der Waals surface area contributed by atoms with Crippen molar-refractivity contribution in [3.63, 3.8) is 0 Å². The molecule has 1 saturated heterocycles. The second-order valence-corrected chi connectivity index (χ2v) is 9.45. The number of urea groups is 1. The zero-order chi connectivity index (χ0) is 33.8. The lowest BCUT2D eigenvalue weighted by atomic mass is 10.00. The van der Waals surface area contributed by atoms with E-state index in [0.717, 1.165) is 5.56 Å². The molecule has 244 valence electrons. The molecular formula is C26H31F6N5O7. The number of carbonyl (C=O) groups is 4. The largest absolute Gasteiger partial charge is 0.490 e. The summed E-state index contributed by atoms with van der Waals surface area (Å²) in [4.78, 5) is 54.7. The van der Waals surface area contributed by atoms with E-state index in [4.69, 9.17) is 19.8 Å². The van der Waals surface area contributed by atoms with Gasteiger partial charge in [-0.25, -0.2) is 29.1 Å². The minimum Gasteiger partial charge on any atom is -0.475 e. The van der Waals surface area contributed by atoms with Gasteiger partial charge >= 0.3 is 36.3 Å². The van der Waals surface area contributed by atoms with Crippen LogP contribution in [-0.4, -0.2) is 94.2 Å². The zero-order valence-corrected chi connectivity index (χ0v) is 23.9. The van der Waals surface area contributed by atoms with Crippen molar-refractivity contribution in [2.75, 3.05) is 31.6 Å². The lowest BCUT2D eigenvalue weighted by Crippen LogP contribution is -2.59. The van der Waals surface area contributed by atoms with Gasteiger partial charge < -0.3 is 30.1 Å². The number of aliphatic carboxylic acids is 2. The Hall–Kier alpha value is -4.64. The molecule has 44 heavy (non-hydrogen) atoms. The fourth-order valence-corrected chi connectivity index (χ4v) is 3.52. The maximum absolute atomic E-state index is 12.9. The lowest BCUT2D eigenvalue weighted by molar-refractivity contribution is -0.193. The third-order valence-electron chi connectivity index (χ3n) is 5.86. The van der Waals surface area contributed by atoms with E-state index in [9.17, 15) is 35.9 Å². The summed E-state index contributed by atoms with van der Waals surface area (Å²) < 4.78 is 68.1. The summed E-state index contributed by atoms with van der Waals surface area (Å²) in [6.45, 7) is 8.66. The van der Waals surface area contributed by atoms with Crippen LogP contribution in [0.25, 0.3) is 0 Å². The van der Waals surface area contributed by atoms with Crippen molar-refractivity contribution in [1.29, 1.82) is 0 Å². The summed E-state index contributed by atoms with van der Waals surface area (Å²) in [6, 6.07) is 8.14. The number of piperazine rings is 1. The van der Waals surface area contributed by atoms with Gasteiger partial charge in [0, 0.05) is 26.2 Å². The highest BCUT2D eigenvalue weighted by Crippen LogP contribution is 2.21. The van der Waals surface area contributed by atoms with Crippen LogP contribution in [0.5, 0.6) is 0 Å². The number of esters is 1. The summed E-state index contributed by atoms with van der Waals surface area (Å²) >= 11 is 0. The molecule has 2 aromatic rings. The number of carbonyl (C=O) groups excluding carboxylic acids is 2. The molecule has 1 aromatic heterocycles. The fraction of sp³-hybridized carbons (Fsp3) is 0.462. The van der Waals surface area contributed by atoms with Crippen LogP contribution in [0, 0.1) is 12.8 Å². The molecule has 1 aromatic carbocycles. The normalized spacial score (nSPS) is 14.8. The molecule has 0 spiro atoms. The maximum Gasteiger partial charge on any atom is 0.490 e. The summed E-state index contributed by atoms with van der Waals surface area (Å²) in [6.07, 6.45) is -7.16. The Morgan fingerprint density at radius 3 is 1.89 bits per heavy atom. The molecule has 1 unspecified atom stereocenters. The maximum atomic E-state index is 12.9. The van der Waals surface area contributed by atoms with E-state index in [0.29, 0.717) is 32.0 Å². The third-order valence-corrected chi connectivity index (χ3v) is 5.86. The topological polar surface area (TPSA) is 162 Å². The van der Waals surface area contributed by atoms with Gasteiger partial charge in [-0.2, -0.15) is 26.3 Å². The summed E-state index contributed by atoms with van der Waals surface area (Å²) in [5.41, 5.74) is 2.45. The summed E-state index contributed by atoms with van der Waals surface area (Å²) in [5, 5.41) is 17.3. The minimum atomic E-state index is -5.08. The van der Waals surface area contributed by atoms with Gasteiger partial charge in [0.25, 0.3) is 0 Å². The monoisotopic (exact) mass is 639 g/mol. The van der Waals surface area contributed by atoms with Gasteiger partial charge in [0.15, 0.2) is 5.69 Å². The number of ether oxygens (including phenoxy) is 1. The first-order valence-corrected chi connectivity index (χ1v) is 12.6. The van der Waals surface area contributed by atoms with E-state index in [1.54, 1.807) is 6.20 Å². The summed E-state index contributed by atoms with van der Waals surface area (Å²) in [7, 11) is 1.31. The number of halogens is 6. The molecule has 0 aliphatic carbocycles. The Morgan fingerprint density at radius 1 is 0.955 bits per heavy atom. The number of alkyl halides is 6. The molecule has 1 aliphatic rings. The van der Waals surface area contributed by atoms with E-state index in [-0.39, 0.29) is 23.7 Å². The van der Waals surface area contributed by atoms with Crippen LogP contribution in [0.2, 0.25) is 0 Å². The second-order valence-electron chi connectivity index (χ2n) is 9.45. The number of aryl methyl sites for hydroxylation is 1. The molecule has 0 bridgehead atoms. The van der Waals surface area contributed by atoms with Crippen molar-refractivity contribution in [3.05, 3.63) is 53.5 Å². The quantitative estimate of drug-likeness (QED) is 0.323. The number of carboxylic acids is 2.